The molecule has 0 aromatic rings. The van der Waals surface area contributed by atoms with E-state index in [2.05, 4.69) is 26.8 Å². The van der Waals surface area contributed by atoms with Crippen LogP contribution in [-0.2, 0) is 33.2 Å². The SMILES string of the molecule is CC1O[C@@H](O[C@@H]2C(CO)O[C@@H](OC3CC[C@@]4(C)C(=CC[C@H]5[C@@H]6CC7OC(O)(CC[C@@H](C)CO)[C@@H](C)[C@@H]7[C@@]6(C)CC[C@@H]54)C3)C(O[C@@H]3OC(O)[C@H](O)C(O)C3O)C2O)C(O)C(O)[C@H]1O. The predicted octanol–water partition coefficient (Wildman–Crippen LogP) is -0.874. The van der Waals surface area contributed by atoms with Crippen molar-refractivity contribution in [3.05, 3.63) is 11.6 Å². The molecule has 356 valence electrons. The molecule has 18 nitrogen and oxygen atoms in total. The molecule has 7 fully saturated rings. The van der Waals surface area contributed by atoms with Gasteiger partial charge in [0.2, 0.25) is 0 Å². The molecule has 26 atom stereocenters. The van der Waals surface area contributed by atoms with Gasteiger partial charge in [0.25, 0.3) is 0 Å². The van der Waals surface area contributed by atoms with E-state index >= 15 is 0 Å². The Labute approximate surface area is 362 Å². The van der Waals surface area contributed by atoms with Crippen LogP contribution in [0.15, 0.2) is 11.6 Å². The Morgan fingerprint density at radius 1 is 0.758 bits per heavy atom. The highest BCUT2D eigenvalue weighted by molar-refractivity contribution is 5.26. The molecule has 62 heavy (non-hydrogen) atoms. The summed E-state index contributed by atoms with van der Waals surface area (Å²) in [7, 11) is 0. The lowest BCUT2D eigenvalue weighted by Gasteiger charge is -2.58. The van der Waals surface area contributed by atoms with Crippen LogP contribution in [0, 0.1) is 46.3 Å². The van der Waals surface area contributed by atoms with Crippen LogP contribution in [0.4, 0.5) is 0 Å². The summed E-state index contributed by atoms with van der Waals surface area (Å²) < 4.78 is 42.3. The van der Waals surface area contributed by atoms with Gasteiger partial charge in [-0.3, -0.25) is 0 Å². The Morgan fingerprint density at radius 3 is 2.13 bits per heavy atom. The summed E-state index contributed by atoms with van der Waals surface area (Å²) in [5.74, 6) is 0.463. The first-order valence-corrected chi connectivity index (χ1v) is 22.9. The Kier molecular flexibility index (Phi) is 13.7. The molecule has 4 aliphatic carbocycles. The number of fused-ring (bicyclic) bond motifs is 7. The minimum absolute atomic E-state index is 0.00992. The third-order valence-corrected chi connectivity index (χ3v) is 17.1. The second kappa shape index (κ2) is 17.9. The molecular formula is C44H72O18. The molecule has 0 radical (unpaired) electrons. The monoisotopic (exact) mass is 888 g/mol. The number of hydrogen-bond acceptors (Lipinski definition) is 18. The molecule has 0 bridgehead atoms. The Hall–Kier alpha value is -0.980. The lowest BCUT2D eigenvalue weighted by Crippen LogP contribution is -2.66. The molecule has 0 spiro atoms. The fraction of sp³-hybridized carbons (Fsp3) is 0.955. The van der Waals surface area contributed by atoms with Gasteiger partial charge in [-0.05, 0) is 98.7 Å². The Morgan fingerprint density at radius 2 is 1.44 bits per heavy atom. The van der Waals surface area contributed by atoms with Crippen LogP contribution in [0.3, 0.4) is 0 Å². The number of rotatable bonds is 11. The number of hydrogen-bond donors (Lipinski definition) is 11. The minimum atomic E-state index is -1.96. The molecule has 4 heterocycles. The van der Waals surface area contributed by atoms with Crippen molar-refractivity contribution in [2.45, 2.75) is 203 Å². The van der Waals surface area contributed by atoms with Gasteiger partial charge >= 0.3 is 0 Å². The van der Waals surface area contributed by atoms with Crippen molar-refractivity contribution in [1.29, 1.82) is 0 Å². The highest BCUT2D eigenvalue weighted by atomic mass is 16.8. The number of aliphatic hydroxyl groups is 11. The molecule has 18 heteroatoms. The van der Waals surface area contributed by atoms with Crippen LogP contribution >= 0.6 is 0 Å². The van der Waals surface area contributed by atoms with Crippen LogP contribution < -0.4 is 0 Å². The zero-order chi connectivity index (χ0) is 44.8. The number of allylic oxidation sites excluding steroid dienone is 1. The summed E-state index contributed by atoms with van der Waals surface area (Å²) in [5, 5.41) is 117. The first-order chi connectivity index (χ1) is 29.3. The van der Waals surface area contributed by atoms with Crippen molar-refractivity contribution in [3.63, 3.8) is 0 Å². The van der Waals surface area contributed by atoms with Crippen LogP contribution in [-0.4, -0.2) is 180 Å². The van der Waals surface area contributed by atoms with Crippen molar-refractivity contribution < 1.29 is 89.3 Å². The quantitative estimate of drug-likeness (QED) is 0.112. The summed E-state index contributed by atoms with van der Waals surface area (Å²) in [6, 6.07) is 0. The second-order valence-electron chi connectivity index (χ2n) is 20.6. The minimum Gasteiger partial charge on any atom is -0.396 e. The van der Waals surface area contributed by atoms with E-state index in [0.717, 1.165) is 32.1 Å². The Balaban J connectivity index is 0.982. The summed E-state index contributed by atoms with van der Waals surface area (Å²) in [6.07, 6.45) is -15.3. The Bertz CT molecular complexity index is 1590. The summed E-state index contributed by atoms with van der Waals surface area (Å²) >= 11 is 0. The summed E-state index contributed by atoms with van der Waals surface area (Å²) in [6.45, 7) is 9.74. The maximum Gasteiger partial charge on any atom is 0.189 e. The molecule has 4 aliphatic heterocycles. The first kappa shape index (κ1) is 47.5. The molecule has 12 unspecified atom stereocenters. The van der Waals surface area contributed by atoms with Gasteiger partial charge in [-0.15, -0.1) is 0 Å². The van der Waals surface area contributed by atoms with Crippen LogP contribution in [0.25, 0.3) is 0 Å². The van der Waals surface area contributed by atoms with Gasteiger partial charge in [-0.1, -0.05) is 39.3 Å². The average molecular weight is 889 g/mol. The summed E-state index contributed by atoms with van der Waals surface area (Å²) in [4.78, 5) is 0. The highest BCUT2D eigenvalue weighted by Crippen LogP contribution is 2.70. The predicted molar refractivity (Wildman–Crippen MR) is 213 cm³/mol. The van der Waals surface area contributed by atoms with Gasteiger partial charge in [0.1, 0.15) is 61.0 Å². The summed E-state index contributed by atoms with van der Waals surface area (Å²) in [5.41, 5.74) is 1.19. The topological polar surface area (TPSA) is 287 Å². The lowest BCUT2D eigenvalue weighted by atomic mass is 9.47. The van der Waals surface area contributed by atoms with Gasteiger partial charge in [0.05, 0.1) is 24.9 Å². The van der Waals surface area contributed by atoms with E-state index in [9.17, 15) is 56.2 Å². The number of ether oxygens (including phenoxy) is 7. The average Bonchev–Trinajstić information content (AvgIpc) is 3.68. The van der Waals surface area contributed by atoms with E-state index < -0.39 is 111 Å². The standard InChI is InChI=1S/C44H72O18/c1-18(16-45)8-13-44(55)19(2)28-26(62-44)15-25-23-7-6-21-14-22(9-11-42(21,4)24(23)10-12-43(25,28)5)57-41-37(60-40-34(52)31(49)32(50)38(54)61-40)35(53)36(27(17-46)58-41)59-39-33(51)30(48)29(47)20(3)56-39/h6,18-20,22-41,45-55H,7-17H2,1-5H3/t18-,19+,20?,22?,23-,24+,25+,26?,27?,28+,29+,30?,31?,32-,33?,34?,35?,36-,37?,38?,39+,40-,41-,42+,43+,44?/m1/s1. The highest BCUT2D eigenvalue weighted by Gasteiger charge is 2.68. The molecule has 8 aliphatic rings. The lowest BCUT2D eigenvalue weighted by molar-refractivity contribution is -0.400. The van der Waals surface area contributed by atoms with Crippen LogP contribution in [0.2, 0.25) is 0 Å². The third kappa shape index (κ3) is 8.06. The second-order valence-corrected chi connectivity index (χ2v) is 20.6. The van der Waals surface area contributed by atoms with E-state index in [4.69, 9.17) is 33.2 Å². The maximum atomic E-state index is 11.9. The van der Waals surface area contributed by atoms with Gasteiger partial charge in [0.15, 0.2) is 30.9 Å². The third-order valence-electron chi connectivity index (χ3n) is 17.1. The van der Waals surface area contributed by atoms with Crippen molar-refractivity contribution in [1.82, 2.24) is 0 Å². The van der Waals surface area contributed by atoms with Gasteiger partial charge < -0.3 is 89.3 Å². The maximum absolute atomic E-state index is 11.9. The van der Waals surface area contributed by atoms with Gasteiger partial charge in [0, 0.05) is 18.9 Å². The molecule has 0 amide bonds. The fourth-order valence-corrected chi connectivity index (χ4v) is 13.3. The molecular weight excluding hydrogens is 816 g/mol. The van der Waals surface area contributed by atoms with Crippen LogP contribution in [0.5, 0.6) is 0 Å². The largest absolute Gasteiger partial charge is 0.396 e. The van der Waals surface area contributed by atoms with E-state index in [1.807, 2.05) is 6.92 Å². The molecule has 0 aromatic carbocycles. The molecule has 4 saturated heterocycles. The van der Waals surface area contributed by atoms with E-state index in [0.29, 0.717) is 43.4 Å². The molecule has 0 aromatic heterocycles. The van der Waals surface area contributed by atoms with Crippen molar-refractivity contribution in [2.24, 2.45) is 46.3 Å². The van der Waals surface area contributed by atoms with E-state index in [1.54, 1.807) is 0 Å². The molecule has 3 saturated carbocycles. The first-order valence-electron chi connectivity index (χ1n) is 22.9. The van der Waals surface area contributed by atoms with E-state index in [1.165, 1.54) is 12.5 Å². The van der Waals surface area contributed by atoms with Gasteiger partial charge in [-0.2, -0.15) is 0 Å². The van der Waals surface area contributed by atoms with Crippen molar-refractivity contribution in [2.75, 3.05) is 13.2 Å². The number of aliphatic hydroxyl groups excluding tert-OH is 10. The zero-order valence-corrected chi connectivity index (χ0v) is 36.4. The van der Waals surface area contributed by atoms with Crippen LogP contribution in [0.1, 0.15) is 92.4 Å². The van der Waals surface area contributed by atoms with E-state index in [-0.39, 0.29) is 41.3 Å². The smallest absolute Gasteiger partial charge is 0.189 e. The molecule has 11 N–H and O–H groups in total. The normalized spacial score (nSPS) is 55.7. The fourth-order valence-electron chi connectivity index (χ4n) is 13.3. The van der Waals surface area contributed by atoms with Gasteiger partial charge in [-0.25, -0.2) is 0 Å². The zero-order valence-electron chi connectivity index (χ0n) is 36.4. The van der Waals surface area contributed by atoms with Crippen molar-refractivity contribution in [3.8, 4) is 0 Å². The van der Waals surface area contributed by atoms with Crippen molar-refractivity contribution >= 4 is 0 Å². The molecule has 8 rings (SSSR count).